The summed E-state index contributed by atoms with van der Waals surface area (Å²) in [5, 5.41) is 8.94. The highest BCUT2D eigenvalue weighted by Gasteiger charge is 2.25. The molecule has 1 unspecified atom stereocenters. The van der Waals surface area contributed by atoms with Crippen LogP contribution < -0.4 is 10.6 Å². The van der Waals surface area contributed by atoms with Crippen molar-refractivity contribution in [3.63, 3.8) is 0 Å². The molecule has 0 aromatic carbocycles. The van der Waals surface area contributed by atoms with Crippen LogP contribution in [-0.4, -0.2) is 42.9 Å². The molecule has 1 aromatic heterocycles. The second kappa shape index (κ2) is 5.22. The van der Waals surface area contributed by atoms with Crippen LogP contribution in [0.15, 0.2) is 12.1 Å². The van der Waals surface area contributed by atoms with Crippen LogP contribution >= 0.6 is 0 Å². The van der Waals surface area contributed by atoms with E-state index in [2.05, 4.69) is 4.98 Å². The van der Waals surface area contributed by atoms with Crippen molar-refractivity contribution in [2.24, 2.45) is 5.92 Å². The van der Waals surface area contributed by atoms with Crippen molar-refractivity contribution < 1.29 is 14.6 Å². The van der Waals surface area contributed by atoms with E-state index in [9.17, 15) is 4.79 Å². The summed E-state index contributed by atoms with van der Waals surface area (Å²) in [6, 6.07) is 3.01. The summed E-state index contributed by atoms with van der Waals surface area (Å²) in [6.45, 7) is 2.33. The number of carbonyl (C=O) groups is 1. The first-order chi connectivity index (χ1) is 8.61. The number of anilines is 2. The smallest absolute Gasteiger partial charge is 0.354 e. The summed E-state index contributed by atoms with van der Waals surface area (Å²) >= 11 is 0. The number of methoxy groups -OCH3 is 1. The first-order valence-electron chi connectivity index (χ1n) is 5.85. The van der Waals surface area contributed by atoms with Crippen molar-refractivity contribution in [2.45, 2.75) is 6.42 Å². The second-order valence-electron chi connectivity index (χ2n) is 4.47. The molecule has 1 aliphatic rings. The summed E-state index contributed by atoms with van der Waals surface area (Å²) in [7, 11) is 1.68. The van der Waals surface area contributed by atoms with Gasteiger partial charge < -0.3 is 20.5 Å². The Morgan fingerprint density at radius 1 is 1.67 bits per heavy atom. The second-order valence-corrected chi connectivity index (χ2v) is 4.47. The Morgan fingerprint density at radius 2 is 2.44 bits per heavy atom. The topological polar surface area (TPSA) is 88.7 Å². The predicted octanol–water partition coefficient (Wildman–Crippen LogP) is 0.835. The molecule has 0 bridgehead atoms. The third-order valence-corrected chi connectivity index (χ3v) is 3.11. The molecule has 2 rings (SSSR count). The molecule has 0 spiro atoms. The predicted molar refractivity (Wildman–Crippen MR) is 67.8 cm³/mol. The van der Waals surface area contributed by atoms with Crippen molar-refractivity contribution in [1.82, 2.24) is 4.98 Å². The zero-order chi connectivity index (χ0) is 13.1. The van der Waals surface area contributed by atoms with Gasteiger partial charge in [0.1, 0.15) is 0 Å². The maximum absolute atomic E-state index is 10.9. The molecule has 0 amide bonds. The zero-order valence-corrected chi connectivity index (χ0v) is 10.3. The van der Waals surface area contributed by atoms with E-state index < -0.39 is 5.97 Å². The molecule has 0 aliphatic carbocycles. The van der Waals surface area contributed by atoms with E-state index >= 15 is 0 Å². The van der Waals surface area contributed by atoms with Gasteiger partial charge >= 0.3 is 5.97 Å². The van der Waals surface area contributed by atoms with Crippen molar-refractivity contribution in [3.05, 3.63) is 17.8 Å². The molecule has 1 fully saturated rings. The fourth-order valence-corrected chi connectivity index (χ4v) is 2.23. The Balaban J connectivity index is 2.18. The van der Waals surface area contributed by atoms with Crippen molar-refractivity contribution in [1.29, 1.82) is 0 Å². The van der Waals surface area contributed by atoms with Crippen LogP contribution in [0.25, 0.3) is 0 Å². The maximum Gasteiger partial charge on any atom is 0.354 e. The molecular formula is C12H17N3O3. The van der Waals surface area contributed by atoms with E-state index in [1.807, 2.05) is 4.90 Å². The van der Waals surface area contributed by atoms with Crippen LogP contribution in [0.2, 0.25) is 0 Å². The van der Waals surface area contributed by atoms with Crippen molar-refractivity contribution in [2.75, 3.05) is 37.4 Å². The quantitative estimate of drug-likeness (QED) is 0.824. The molecule has 1 saturated heterocycles. The molecule has 98 valence electrons. The number of nitrogen functional groups attached to an aromatic ring is 1. The van der Waals surface area contributed by atoms with Gasteiger partial charge in [-0.3, -0.25) is 0 Å². The van der Waals surface area contributed by atoms with Gasteiger partial charge in [-0.2, -0.15) is 0 Å². The third-order valence-electron chi connectivity index (χ3n) is 3.11. The van der Waals surface area contributed by atoms with E-state index in [1.165, 1.54) is 6.07 Å². The molecule has 1 atom stereocenters. The lowest BCUT2D eigenvalue weighted by atomic mass is 10.1. The summed E-state index contributed by atoms with van der Waals surface area (Å²) in [6.07, 6.45) is 1.01. The summed E-state index contributed by atoms with van der Waals surface area (Å²) < 4.78 is 5.13. The Kier molecular flexibility index (Phi) is 3.66. The molecule has 2 heterocycles. The lowest BCUT2D eigenvalue weighted by Gasteiger charge is -2.19. The summed E-state index contributed by atoms with van der Waals surface area (Å²) in [5.41, 5.74) is 6.40. The SMILES string of the molecule is COCC1CCN(c2nc(C(=O)O)ccc2N)C1. The van der Waals surface area contributed by atoms with Gasteiger partial charge in [0.2, 0.25) is 0 Å². The molecule has 0 radical (unpaired) electrons. The maximum atomic E-state index is 10.9. The third kappa shape index (κ3) is 2.53. The number of hydrogen-bond acceptors (Lipinski definition) is 5. The Hall–Kier alpha value is -1.82. The largest absolute Gasteiger partial charge is 0.477 e. The van der Waals surface area contributed by atoms with Gasteiger partial charge in [0.05, 0.1) is 12.3 Å². The molecule has 18 heavy (non-hydrogen) atoms. The number of aromatic carboxylic acids is 1. The first kappa shape index (κ1) is 12.6. The van der Waals surface area contributed by atoms with Crippen molar-refractivity contribution >= 4 is 17.5 Å². The Morgan fingerprint density at radius 3 is 3.11 bits per heavy atom. The number of nitrogens with zero attached hydrogens (tertiary/aromatic N) is 2. The average Bonchev–Trinajstić information content (AvgIpc) is 2.78. The minimum absolute atomic E-state index is 0.0226. The molecule has 3 N–H and O–H groups in total. The number of ether oxygens (including phenoxy) is 1. The van der Waals surface area contributed by atoms with Crippen LogP contribution in [0.4, 0.5) is 11.5 Å². The highest BCUT2D eigenvalue weighted by molar-refractivity contribution is 5.87. The number of rotatable bonds is 4. The molecule has 6 heteroatoms. The van der Waals surface area contributed by atoms with Gasteiger partial charge in [0.25, 0.3) is 0 Å². The number of carboxylic acid groups (broad SMARTS) is 1. The monoisotopic (exact) mass is 251 g/mol. The van der Waals surface area contributed by atoms with E-state index in [-0.39, 0.29) is 5.69 Å². The average molecular weight is 251 g/mol. The van der Waals surface area contributed by atoms with Gasteiger partial charge in [-0.05, 0) is 18.6 Å². The van der Waals surface area contributed by atoms with Gasteiger partial charge in [0, 0.05) is 26.1 Å². The summed E-state index contributed by atoms with van der Waals surface area (Å²) in [5.74, 6) is -0.0259. The van der Waals surface area contributed by atoms with Gasteiger partial charge in [0.15, 0.2) is 11.5 Å². The van der Waals surface area contributed by atoms with Crippen molar-refractivity contribution in [3.8, 4) is 0 Å². The van der Waals surface area contributed by atoms with E-state index in [4.69, 9.17) is 15.6 Å². The molecule has 6 nitrogen and oxygen atoms in total. The van der Waals surface area contributed by atoms with Crippen LogP contribution in [0.1, 0.15) is 16.9 Å². The standard InChI is InChI=1S/C12H17N3O3/c1-18-7-8-4-5-15(6-8)11-9(13)2-3-10(14-11)12(16)17/h2-3,8H,4-7,13H2,1H3,(H,16,17). The fraction of sp³-hybridized carbons (Fsp3) is 0.500. The number of nitrogens with two attached hydrogens (primary N) is 1. The van der Waals surface area contributed by atoms with E-state index in [0.717, 1.165) is 19.5 Å². The minimum Gasteiger partial charge on any atom is -0.477 e. The highest BCUT2D eigenvalue weighted by Crippen LogP contribution is 2.27. The summed E-state index contributed by atoms with van der Waals surface area (Å²) in [4.78, 5) is 17.0. The number of hydrogen-bond donors (Lipinski definition) is 2. The number of aromatic nitrogens is 1. The molecule has 1 aliphatic heterocycles. The molecule has 0 saturated carbocycles. The van der Waals surface area contributed by atoms with Crippen LogP contribution in [0.3, 0.4) is 0 Å². The van der Waals surface area contributed by atoms with Crippen LogP contribution in [0.5, 0.6) is 0 Å². The van der Waals surface area contributed by atoms with Crippen LogP contribution in [0, 0.1) is 5.92 Å². The lowest BCUT2D eigenvalue weighted by molar-refractivity contribution is 0.0690. The van der Waals surface area contributed by atoms with Gasteiger partial charge in [-0.1, -0.05) is 0 Å². The minimum atomic E-state index is -1.04. The zero-order valence-electron chi connectivity index (χ0n) is 10.3. The molecule has 1 aromatic rings. The lowest BCUT2D eigenvalue weighted by Crippen LogP contribution is -2.24. The number of carboxylic acids is 1. The first-order valence-corrected chi connectivity index (χ1v) is 5.85. The Labute approximate surface area is 105 Å². The van der Waals surface area contributed by atoms with E-state index in [0.29, 0.717) is 24.0 Å². The van der Waals surface area contributed by atoms with Gasteiger partial charge in [-0.15, -0.1) is 0 Å². The normalized spacial score (nSPS) is 19.2. The fourth-order valence-electron chi connectivity index (χ4n) is 2.23. The van der Waals surface area contributed by atoms with Crippen LogP contribution in [-0.2, 0) is 4.74 Å². The van der Waals surface area contributed by atoms with E-state index in [1.54, 1.807) is 13.2 Å². The highest BCUT2D eigenvalue weighted by atomic mass is 16.5. The molecular weight excluding hydrogens is 234 g/mol. The number of pyridine rings is 1. The van der Waals surface area contributed by atoms with Gasteiger partial charge in [-0.25, -0.2) is 9.78 Å². The Bertz CT molecular complexity index is 450.